The van der Waals surface area contributed by atoms with Gasteiger partial charge in [0, 0.05) is 12.5 Å². The molecule has 1 rings (SSSR count). The van der Waals surface area contributed by atoms with Gasteiger partial charge < -0.3 is 16.2 Å². The molecule has 1 fully saturated rings. The zero-order valence-corrected chi connectivity index (χ0v) is 8.19. The van der Waals surface area contributed by atoms with Crippen LogP contribution in [-0.2, 0) is 9.59 Å². The number of carboxylic acid groups (broad SMARTS) is 1. The summed E-state index contributed by atoms with van der Waals surface area (Å²) in [6.07, 6.45) is 2.08. The predicted molar refractivity (Wildman–Crippen MR) is 50.6 cm³/mol. The Hall–Kier alpha value is -1.10. The van der Waals surface area contributed by atoms with Crippen LogP contribution in [0.4, 0.5) is 0 Å². The van der Waals surface area contributed by atoms with E-state index in [0.717, 1.165) is 12.8 Å². The van der Waals surface area contributed by atoms with Gasteiger partial charge in [0.1, 0.15) is 6.04 Å². The lowest BCUT2D eigenvalue weighted by atomic mass is 10.1. The fraction of sp³-hybridized carbons (Fsp3) is 0.778. The number of nitrogens with one attached hydrogen (secondary N) is 1. The van der Waals surface area contributed by atoms with E-state index < -0.39 is 17.9 Å². The molecule has 14 heavy (non-hydrogen) atoms. The lowest BCUT2D eigenvalue weighted by Crippen LogP contribution is -2.44. The lowest BCUT2D eigenvalue weighted by Gasteiger charge is -2.18. The Labute approximate surface area is 82.7 Å². The third-order valence-electron chi connectivity index (χ3n) is 2.33. The maximum Gasteiger partial charge on any atom is 0.320 e. The van der Waals surface area contributed by atoms with Crippen molar-refractivity contribution in [1.82, 2.24) is 5.32 Å². The minimum Gasteiger partial charge on any atom is -0.480 e. The van der Waals surface area contributed by atoms with E-state index in [1.807, 2.05) is 0 Å². The second-order valence-electron chi connectivity index (χ2n) is 3.89. The lowest BCUT2D eigenvalue weighted by molar-refractivity contribution is -0.140. The highest BCUT2D eigenvalue weighted by molar-refractivity contribution is 5.76. The Balaban J connectivity index is 2.38. The topological polar surface area (TPSA) is 92.4 Å². The van der Waals surface area contributed by atoms with Gasteiger partial charge in [0.15, 0.2) is 0 Å². The highest BCUT2D eigenvalue weighted by Gasteiger charge is 2.36. The van der Waals surface area contributed by atoms with Crippen LogP contribution in [0.25, 0.3) is 0 Å². The number of rotatable bonds is 6. The van der Waals surface area contributed by atoms with Crippen molar-refractivity contribution in [3.63, 3.8) is 0 Å². The number of hydrogen-bond donors (Lipinski definition) is 3. The summed E-state index contributed by atoms with van der Waals surface area (Å²) in [5.74, 6) is -1.03. The first kappa shape index (κ1) is 11.0. The van der Waals surface area contributed by atoms with E-state index in [0.29, 0.717) is 0 Å². The fourth-order valence-corrected chi connectivity index (χ4v) is 1.51. The van der Waals surface area contributed by atoms with Crippen LogP contribution in [0, 0.1) is 5.92 Å². The van der Waals surface area contributed by atoms with Gasteiger partial charge in [-0.2, -0.15) is 0 Å². The average Bonchev–Trinajstić information content (AvgIpc) is 2.80. The molecule has 0 aromatic carbocycles. The maximum absolute atomic E-state index is 10.8. The largest absolute Gasteiger partial charge is 0.480 e. The molecule has 0 aromatic rings. The van der Waals surface area contributed by atoms with E-state index in [4.69, 9.17) is 10.8 Å². The van der Waals surface area contributed by atoms with Crippen LogP contribution < -0.4 is 11.1 Å². The quantitative estimate of drug-likeness (QED) is 0.549. The molecule has 1 aliphatic carbocycles. The number of hydrogen-bond acceptors (Lipinski definition) is 3. The van der Waals surface area contributed by atoms with Gasteiger partial charge in [-0.15, -0.1) is 0 Å². The monoisotopic (exact) mass is 200 g/mol. The minimum absolute atomic E-state index is 0.172. The van der Waals surface area contributed by atoms with Gasteiger partial charge in [-0.25, -0.2) is 0 Å². The standard InChI is InChI=1S/C9H16N2O3/c1-5(4-7(10)12)11-8(9(13)14)6-2-3-6/h5-6,8,11H,2-4H2,1H3,(H2,10,12)(H,13,14). The summed E-state index contributed by atoms with van der Waals surface area (Å²) in [5.41, 5.74) is 5.01. The molecule has 0 bridgehead atoms. The Morgan fingerprint density at radius 1 is 1.57 bits per heavy atom. The van der Waals surface area contributed by atoms with Crippen molar-refractivity contribution >= 4 is 11.9 Å². The summed E-state index contributed by atoms with van der Waals surface area (Å²) in [6.45, 7) is 1.77. The molecule has 0 aliphatic heterocycles. The number of carboxylic acids is 1. The molecule has 5 heteroatoms. The van der Waals surface area contributed by atoms with Crippen molar-refractivity contribution in [2.45, 2.75) is 38.3 Å². The van der Waals surface area contributed by atoms with Crippen molar-refractivity contribution in [3.05, 3.63) is 0 Å². The highest BCUT2D eigenvalue weighted by atomic mass is 16.4. The van der Waals surface area contributed by atoms with Gasteiger partial charge >= 0.3 is 5.97 Å². The molecule has 0 saturated heterocycles. The Morgan fingerprint density at radius 3 is 2.50 bits per heavy atom. The third kappa shape index (κ3) is 3.33. The second-order valence-corrected chi connectivity index (χ2v) is 3.89. The summed E-state index contributed by atoms with van der Waals surface area (Å²) in [6, 6.07) is -0.696. The van der Waals surface area contributed by atoms with Crippen molar-refractivity contribution in [2.75, 3.05) is 0 Å². The molecule has 2 atom stereocenters. The van der Waals surface area contributed by atoms with Crippen molar-refractivity contribution in [3.8, 4) is 0 Å². The Morgan fingerprint density at radius 2 is 2.14 bits per heavy atom. The number of carbonyl (C=O) groups is 2. The van der Waals surface area contributed by atoms with Gasteiger partial charge in [0.2, 0.25) is 5.91 Å². The molecule has 0 aromatic heterocycles. The summed E-state index contributed by atoms with van der Waals surface area (Å²) in [7, 11) is 0. The molecule has 80 valence electrons. The number of nitrogens with two attached hydrogens (primary N) is 1. The van der Waals surface area contributed by atoms with Crippen LogP contribution in [-0.4, -0.2) is 29.1 Å². The van der Waals surface area contributed by atoms with Crippen LogP contribution in [0.15, 0.2) is 0 Å². The van der Waals surface area contributed by atoms with E-state index >= 15 is 0 Å². The Kier molecular flexibility index (Phi) is 3.46. The summed E-state index contributed by atoms with van der Waals surface area (Å²) in [4.78, 5) is 21.4. The highest BCUT2D eigenvalue weighted by Crippen LogP contribution is 2.32. The molecule has 0 spiro atoms. The first-order valence-electron chi connectivity index (χ1n) is 4.78. The third-order valence-corrected chi connectivity index (χ3v) is 2.33. The van der Waals surface area contributed by atoms with Crippen LogP contribution in [0.1, 0.15) is 26.2 Å². The molecule has 5 nitrogen and oxygen atoms in total. The van der Waals surface area contributed by atoms with Crippen molar-refractivity contribution < 1.29 is 14.7 Å². The SMILES string of the molecule is CC(CC(N)=O)NC(C(=O)O)C1CC1. The molecule has 1 aliphatic rings. The van der Waals surface area contributed by atoms with Crippen LogP contribution in [0.3, 0.4) is 0 Å². The van der Waals surface area contributed by atoms with Crippen molar-refractivity contribution in [2.24, 2.45) is 11.7 Å². The Bertz CT molecular complexity index is 238. The molecule has 1 amide bonds. The smallest absolute Gasteiger partial charge is 0.320 e. The fourth-order valence-electron chi connectivity index (χ4n) is 1.51. The summed E-state index contributed by atoms with van der Waals surface area (Å²) < 4.78 is 0. The predicted octanol–water partition coefficient (Wildman–Crippen LogP) is -0.297. The number of primary amides is 1. The second kappa shape index (κ2) is 4.41. The van der Waals surface area contributed by atoms with Crippen LogP contribution >= 0.6 is 0 Å². The molecular weight excluding hydrogens is 184 g/mol. The number of carbonyl (C=O) groups excluding carboxylic acids is 1. The molecule has 0 radical (unpaired) electrons. The van der Waals surface area contributed by atoms with E-state index in [1.165, 1.54) is 0 Å². The van der Waals surface area contributed by atoms with Gasteiger partial charge in [-0.1, -0.05) is 0 Å². The summed E-state index contributed by atoms with van der Waals surface area (Å²) >= 11 is 0. The van der Waals surface area contributed by atoms with Gasteiger partial charge in [-0.05, 0) is 25.7 Å². The minimum atomic E-state index is -0.844. The van der Waals surface area contributed by atoms with Gasteiger partial charge in [0.05, 0.1) is 0 Å². The number of amides is 1. The molecule has 1 saturated carbocycles. The first-order chi connectivity index (χ1) is 6.50. The molecule has 2 unspecified atom stereocenters. The first-order valence-corrected chi connectivity index (χ1v) is 4.78. The molecule has 0 heterocycles. The molecule has 4 N–H and O–H groups in total. The van der Waals surface area contributed by atoms with E-state index in [1.54, 1.807) is 6.92 Å². The summed E-state index contributed by atoms with van der Waals surface area (Å²) in [5, 5.41) is 11.8. The van der Waals surface area contributed by atoms with Crippen LogP contribution in [0.5, 0.6) is 0 Å². The zero-order valence-electron chi connectivity index (χ0n) is 8.19. The van der Waals surface area contributed by atoms with Gasteiger partial charge in [-0.3, -0.25) is 9.59 Å². The number of aliphatic carboxylic acids is 1. The van der Waals surface area contributed by atoms with E-state index in [9.17, 15) is 9.59 Å². The van der Waals surface area contributed by atoms with Crippen LogP contribution in [0.2, 0.25) is 0 Å². The van der Waals surface area contributed by atoms with E-state index in [-0.39, 0.29) is 18.4 Å². The zero-order chi connectivity index (χ0) is 10.7. The average molecular weight is 200 g/mol. The van der Waals surface area contributed by atoms with Crippen molar-refractivity contribution in [1.29, 1.82) is 0 Å². The van der Waals surface area contributed by atoms with E-state index in [2.05, 4.69) is 5.32 Å². The normalized spacial score (nSPS) is 20.1. The van der Waals surface area contributed by atoms with Gasteiger partial charge in [0.25, 0.3) is 0 Å². The maximum atomic E-state index is 10.8. The molecular formula is C9H16N2O3.